The minimum atomic E-state index is -1.04. The van der Waals surface area contributed by atoms with E-state index in [1.54, 1.807) is 19.1 Å². The zero-order valence-corrected chi connectivity index (χ0v) is 13.0. The normalized spacial score (nSPS) is 21.5. The van der Waals surface area contributed by atoms with Crippen LogP contribution in [0, 0.1) is 0 Å². The fourth-order valence-electron chi connectivity index (χ4n) is 2.44. The summed E-state index contributed by atoms with van der Waals surface area (Å²) in [5.74, 6) is -0.279. The van der Waals surface area contributed by atoms with E-state index in [4.69, 9.17) is 16.3 Å². The number of ether oxygens (including phenoxy) is 1. The molecule has 2 atom stereocenters. The number of nitrogens with one attached hydrogen (secondary N) is 1. The zero-order chi connectivity index (χ0) is 16.1. The molecule has 2 amide bonds. The van der Waals surface area contributed by atoms with Gasteiger partial charge in [-0.2, -0.15) is 0 Å². The number of hydrogen-bond acceptors (Lipinski definition) is 3. The van der Waals surface area contributed by atoms with Gasteiger partial charge in [0.05, 0.1) is 19.2 Å². The Morgan fingerprint density at radius 1 is 1.41 bits per heavy atom. The van der Waals surface area contributed by atoms with E-state index in [2.05, 4.69) is 5.32 Å². The van der Waals surface area contributed by atoms with Gasteiger partial charge >= 0.3 is 6.09 Å². The molecule has 1 saturated heterocycles. The highest BCUT2D eigenvalue weighted by atomic mass is 35.5. The minimum Gasteiger partial charge on any atom is -0.465 e. The second-order valence-corrected chi connectivity index (χ2v) is 5.57. The number of hydrogen-bond donors (Lipinski definition) is 2. The van der Waals surface area contributed by atoms with Crippen molar-refractivity contribution in [2.75, 3.05) is 19.7 Å². The molecule has 0 unspecified atom stereocenters. The zero-order valence-electron chi connectivity index (χ0n) is 12.3. The van der Waals surface area contributed by atoms with Crippen molar-refractivity contribution in [3.05, 3.63) is 34.9 Å². The highest BCUT2D eigenvalue weighted by Gasteiger charge is 2.35. The van der Waals surface area contributed by atoms with Crippen LogP contribution in [0.2, 0.25) is 5.02 Å². The Morgan fingerprint density at radius 2 is 2.09 bits per heavy atom. The van der Waals surface area contributed by atoms with E-state index in [9.17, 15) is 14.7 Å². The van der Waals surface area contributed by atoms with Gasteiger partial charge in [0.15, 0.2) is 6.10 Å². The number of carbonyl (C=O) groups excluding carboxylic acids is 1. The second kappa shape index (κ2) is 7.47. The van der Waals surface area contributed by atoms with Gasteiger partial charge in [-0.3, -0.25) is 9.69 Å². The van der Waals surface area contributed by atoms with Crippen LogP contribution >= 0.6 is 11.6 Å². The maximum atomic E-state index is 11.8. The Morgan fingerprint density at radius 3 is 2.68 bits per heavy atom. The van der Waals surface area contributed by atoms with Crippen LogP contribution in [0.5, 0.6) is 0 Å². The number of amides is 2. The van der Waals surface area contributed by atoms with Crippen LogP contribution < -0.4 is 5.32 Å². The summed E-state index contributed by atoms with van der Waals surface area (Å²) in [5.41, 5.74) is 0.973. The molecule has 0 aromatic heterocycles. The molecule has 1 aliphatic rings. The van der Waals surface area contributed by atoms with E-state index in [1.165, 1.54) is 4.90 Å². The van der Waals surface area contributed by atoms with E-state index in [0.29, 0.717) is 18.0 Å². The molecule has 0 aliphatic carbocycles. The van der Waals surface area contributed by atoms with Crippen LogP contribution in [0.4, 0.5) is 4.79 Å². The molecule has 0 saturated carbocycles. The number of carboxylic acid groups (broad SMARTS) is 1. The summed E-state index contributed by atoms with van der Waals surface area (Å²) in [4.78, 5) is 24.5. The lowest BCUT2D eigenvalue weighted by molar-refractivity contribution is -0.140. The number of halogens is 1. The molecule has 0 bridgehead atoms. The number of carbonyl (C=O) groups is 2. The van der Waals surface area contributed by atoms with E-state index in [0.717, 1.165) is 5.56 Å². The van der Waals surface area contributed by atoms with Crippen molar-refractivity contribution < 1.29 is 19.4 Å². The smallest absolute Gasteiger partial charge is 0.407 e. The second-order valence-electron chi connectivity index (χ2n) is 5.14. The van der Waals surface area contributed by atoms with Crippen LogP contribution in [-0.2, 0) is 16.0 Å². The first-order chi connectivity index (χ1) is 10.5. The monoisotopic (exact) mass is 326 g/mol. The van der Waals surface area contributed by atoms with Gasteiger partial charge < -0.3 is 15.2 Å². The third-order valence-electron chi connectivity index (χ3n) is 3.57. The summed E-state index contributed by atoms with van der Waals surface area (Å²) in [6.45, 7) is 2.52. The summed E-state index contributed by atoms with van der Waals surface area (Å²) in [6, 6.07) is 6.94. The van der Waals surface area contributed by atoms with Gasteiger partial charge in [0.2, 0.25) is 0 Å². The number of likely N-dealkylation sites (N-methyl/N-ethyl adjacent to an activating group) is 1. The van der Waals surface area contributed by atoms with Crippen LogP contribution in [0.15, 0.2) is 24.3 Å². The van der Waals surface area contributed by atoms with Crippen molar-refractivity contribution in [3.8, 4) is 0 Å². The van der Waals surface area contributed by atoms with Crippen molar-refractivity contribution in [1.82, 2.24) is 10.2 Å². The van der Waals surface area contributed by atoms with Gasteiger partial charge in [-0.25, -0.2) is 4.79 Å². The van der Waals surface area contributed by atoms with Crippen LogP contribution in [-0.4, -0.2) is 53.8 Å². The first kappa shape index (κ1) is 16.6. The summed E-state index contributed by atoms with van der Waals surface area (Å²) in [7, 11) is 0. The number of morpholine rings is 1. The van der Waals surface area contributed by atoms with E-state index in [-0.39, 0.29) is 25.1 Å². The number of nitrogens with zero attached hydrogens (tertiary/aromatic N) is 1. The van der Waals surface area contributed by atoms with Crippen molar-refractivity contribution in [2.45, 2.75) is 25.5 Å². The predicted octanol–water partition coefficient (Wildman–Crippen LogP) is 1.77. The standard InChI is InChI=1S/C15H19ClN2O4/c1-2-17-14(19)13-8-18(15(20)21)12(9-22-13)7-10-3-5-11(16)6-4-10/h3-6,12-13H,2,7-9H2,1H3,(H,17,19)(H,20,21)/t12-,13+/m0/s1. The molecule has 7 heteroatoms. The van der Waals surface area contributed by atoms with Crippen molar-refractivity contribution in [2.24, 2.45) is 0 Å². The lowest BCUT2D eigenvalue weighted by Gasteiger charge is -2.37. The average Bonchev–Trinajstić information content (AvgIpc) is 2.50. The van der Waals surface area contributed by atoms with Crippen LogP contribution in [0.25, 0.3) is 0 Å². The molecule has 1 aliphatic heterocycles. The first-order valence-electron chi connectivity index (χ1n) is 7.14. The minimum absolute atomic E-state index is 0.0411. The van der Waals surface area contributed by atoms with Gasteiger partial charge in [-0.1, -0.05) is 23.7 Å². The predicted molar refractivity (Wildman–Crippen MR) is 82.1 cm³/mol. The largest absolute Gasteiger partial charge is 0.465 e. The van der Waals surface area contributed by atoms with Gasteiger partial charge in [0, 0.05) is 11.6 Å². The van der Waals surface area contributed by atoms with E-state index >= 15 is 0 Å². The summed E-state index contributed by atoms with van der Waals surface area (Å²) >= 11 is 5.84. The summed E-state index contributed by atoms with van der Waals surface area (Å²) in [5, 5.41) is 12.7. The molecule has 1 heterocycles. The molecule has 2 rings (SSSR count). The van der Waals surface area contributed by atoms with Crippen molar-refractivity contribution >= 4 is 23.6 Å². The SMILES string of the molecule is CCNC(=O)[C@H]1CN(C(=O)O)[C@@H](Cc2ccc(Cl)cc2)CO1. The van der Waals surface area contributed by atoms with Crippen LogP contribution in [0.1, 0.15) is 12.5 Å². The van der Waals surface area contributed by atoms with Gasteiger partial charge in [-0.05, 0) is 31.0 Å². The number of benzene rings is 1. The molecule has 0 spiro atoms. The Balaban J connectivity index is 2.04. The molecule has 1 aromatic rings. The first-order valence-corrected chi connectivity index (χ1v) is 7.52. The topological polar surface area (TPSA) is 78.9 Å². The van der Waals surface area contributed by atoms with Gasteiger partial charge in [0.1, 0.15) is 0 Å². The quantitative estimate of drug-likeness (QED) is 0.883. The lowest BCUT2D eigenvalue weighted by Crippen LogP contribution is -2.56. The molecule has 1 aromatic carbocycles. The third kappa shape index (κ3) is 4.11. The molecule has 0 radical (unpaired) electrons. The molecule has 120 valence electrons. The average molecular weight is 327 g/mol. The molecule has 22 heavy (non-hydrogen) atoms. The van der Waals surface area contributed by atoms with Crippen LogP contribution in [0.3, 0.4) is 0 Å². The van der Waals surface area contributed by atoms with E-state index in [1.807, 2.05) is 12.1 Å². The fraction of sp³-hybridized carbons (Fsp3) is 0.467. The van der Waals surface area contributed by atoms with Gasteiger partial charge in [0.25, 0.3) is 5.91 Å². The Bertz CT molecular complexity index is 535. The number of rotatable bonds is 4. The third-order valence-corrected chi connectivity index (χ3v) is 3.82. The lowest BCUT2D eigenvalue weighted by atomic mass is 10.0. The molecule has 2 N–H and O–H groups in total. The van der Waals surface area contributed by atoms with Gasteiger partial charge in [-0.15, -0.1) is 0 Å². The Labute approximate surface area is 134 Å². The molecule has 1 fully saturated rings. The van der Waals surface area contributed by atoms with E-state index < -0.39 is 12.2 Å². The Hall–Kier alpha value is -1.79. The molecule has 6 nitrogen and oxygen atoms in total. The van der Waals surface area contributed by atoms with Crippen molar-refractivity contribution in [1.29, 1.82) is 0 Å². The maximum absolute atomic E-state index is 11.8. The fourth-order valence-corrected chi connectivity index (χ4v) is 2.57. The highest BCUT2D eigenvalue weighted by Crippen LogP contribution is 2.18. The molecular formula is C15H19ClN2O4. The Kier molecular flexibility index (Phi) is 5.63. The van der Waals surface area contributed by atoms with Crippen molar-refractivity contribution in [3.63, 3.8) is 0 Å². The maximum Gasteiger partial charge on any atom is 0.407 e. The highest BCUT2D eigenvalue weighted by molar-refractivity contribution is 6.30. The summed E-state index contributed by atoms with van der Waals surface area (Å²) < 4.78 is 5.54. The summed E-state index contributed by atoms with van der Waals surface area (Å²) in [6.07, 6.45) is -1.28. The molecular weight excluding hydrogens is 308 g/mol.